The zero-order chi connectivity index (χ0) is 13.4. The van der Waals surface area contributed by atoms with Crippen LogP contribution in [0.25, 0.3) is 0 Å². The second kappa shape index (κ2) is 8.29. The first-order chi connectivity index (χ1) is 7.92. The van der Waals surface area contributed by atoms with Gasteiger partial charge in [0.05, 0.1) is 7.11 Å². The summed E-state index contributed by atoms with van der Waals surface area (Å²) in [6.45, 7) is 12.6. The Morgan fingerprint density at radius 2 is 1.88 bits per heavy atom. The lowest BCUT2D eigenvalue weighted by Crippen LogP contribution is -2.34. The first-order valence-corrected chi connectivity index (χ1v) is 6.43. The maximum absolute atomic E-state index is 11.4. The molecule has 0 aliphatic carbocycles. The van der Waals surface area contributed by atoms with Gasteiger partial charge in [-0.25, -0.2) is 4.79 Å². The molecule has 0 rings (SSSR count). The van der Waals surface area contributed by atoms with Crippen LogP contribution in [0, 0.1) is 5.92 Å². The summed E-state index contributed by atoms with van der Waals surface area (Å²) in [4.78, 5) is 13.8. The number of nitrogens with zero attached hydrogens (tertiary/aromatic N) is 1. The molecule has 0 aromatic carbocycles. The Balaban J connectivity index is 4.53. The van der Waals surface area contributed by atoms with E-state index in [0.717, 1.165) is 25.1 Å². The molecular formula is C14H27NO2. The molecule has 0 heterocycles. The maximum Gasteiger partial charge on any atom is 0.333 e. The van der Waals surface area contributed by atoms with Gasteiger partial charge in [-0.1, -0.05) is 26.8 Å². The van der Waals surface area contributed by atoms with E-state index in [1.54, 1.807) is 0 Å². The van der Waals surface area contributed by atoms with Crippen LogP contribution in [0.15, 0.2) is 11.6 Å². The number of hydrogen-bond acceptors (Lipinski definition) is 3. The monoisotopic (exact) mass is 241 g/mol. The van der Waals surface area contributed by atoms with Gasteiger partial charge in [0.1, 0.15) is 0 Å². The molecule has 0 N–H and O–H groups in total. The van der Waals surface area contributed by atoms with Crippen molar-refractivity contribution in [2.75, 3.05) is 20.2 Å². The Morgan fingerprint density at radius 1 is 1.29 bits per heavy atom. The lowest BCUT2D eigenvalue weighted by molar-refractivity contribution is -0.136. The van der Waals surface area contributed by atoms with Crippen LogP contribution >= 0.6 is 0 Å². The predicted octanol–water partition coefficient (Wildman–Crippen LogP) is 2.86. The second-order valence-corrected chi connectivity index (χ2v) is 5.02. The molecule has 0 aliphatic heterocycles. The van der Waals surface area contributed by atoms with Crippen molar-refractivity contribution in [3.05, 3.63) is 11.6 Å². The molecule has 0 aliphatic rings. The molecule has 3 heteroatoms. The fourth-order valence-electron chi connectivity index (χ4n) is 1.70. The van der Waals surface area contributed by atoms with Gasteiger partial charge in [-0.05, 0) is 26.2 Å². The first-order valence-electron chi connectivity index (χ1n) is 6.43. The van der Waals surface area contributed by atoms with Crippen LogP contribution in [0.1, 0.15) is 41.0 Å². The van der Waals surface area contributed by atoms with E-state index in [2.05, 4.69) is 32.6 Å². The zero-order valence-electron chi connectivity index (χ0n) is 12.1. The molecule has 0 radical (unpaired) electrons. The van der Waals surface area contributed by atoms with Crippen LogP contribution in [0.4, 0.5) is 0 Å². The molecular weight excluding hydrogens is 214 g/mol. The lowest BCUT2D eigenvalue weighted by Gasteiger charge is -2.27. The lowest BCUT2D eigenvalue weighted by atomic mass is 10.1. The molecule has 0 saturated heterocycles. The molecule has 0 unspecified atom stereocenters. The summed E-state index contributed by atoms with van der Waals surface area (Å²) >= 11 is 0. The van der Waals surface area contributed by atoms with Crippen molar-refractivity contribution in [3.63, 3.8) is 0 Å². The van der Waals surface area contributed by atoms with Crippen molar-refractivity contribution in [1.82, 2.24) is 4.90 Å². The summed E-state index contributed by atoms with van der Waals surface area (Å²) < 4.78 is 4.75. The molecule has 17 heavy (non-hydrogen) atoms. The van der Waals surface area contributed by atoms with E-state index >= 15 is 0 Å². The molecule has 0 aromatic heterocycles. The van der Waals surface area contributed by atoms with E-state index in [0.29, 0.717) is 12.0 Å². The van der Waals surface area contributed by atoms with E-state index in [9.17, 15) is 4.79 Å². The van der Waals surface area contributed by atoms with Gasteiger partial charge in [0.15, 0.2) is 0 Å². The standard InChI is InChI=1S/C14H27NO2/c1-7-13(14(16)17-6)8-9-15(12(4)5)10-11(2)3/h8,11-12H,7,9-10H2,1-6H3. The van der Waals surface area contributed by atoms with Crippen LogP contribution in [-0.2, 0) is 9.53 Å². The summed E-state index contributed by atoms with van der Waals surface area (Å²) in [6, 6.07) is 0.490. The maximum atomic E-state index is 11.4. The van der Waals surface area contributed by atoms with E-state index in [-0.39, 0.29) is 5.97 Å². The SMILES string of the molecule is CCC(=CCN(CC(C)C)C(C)C)C(=O)OC. The fourth-order valence-corrected chi connectivity index (χ4v) is 1.70. The van der Waals surface area contributed by atoms with Gasteiger partial charge in [-0.3, -0.25) is 4.90 Å². The van der Waals surface area contributed by atoms with Crippen molar-refractivity contribution < 1.29 is 9.53 Å². The van der Waals surface area contributed by atoms with Crippen molar-refractivity contribution in [2.45, 2.75) is 47.1 Å². The fraction of sp³-hybridized carbons (Fsp3) is 0.786. The number of ether oxygens (including phenoxy) is 1. The van der Waals surface area contributed by atoms with Crippen molar-refractivity contribution >= 4 is 5.97 Å². The quantitative estimate of drug-likeness (QED) is 0.507. The number of carbonyl (C=O) groups is 1. The number of methoxy groups -OCH3 is 1. The Hall–Kier alpha value is -0.830. The van der Waals surface area contributed by atoms with Gasteiger partial charge in [0.25, 0.3) is 0 Å². The van der Waals surface area contributed by atoms with Gasteiger partial charge in [-0.15, -0.1) is 0 Å². The average molecular weight is 241 g/mol. The average Bonchev–Trinajstić information content (AvgIpc) is 2.26. The van der Waals surface area contributed by atoms with Crippen LogP contribution in [0.5, 0.6) is 0 Å². The van der Waals surface area contributed by atoms with E-state index in [1.807, 2.05) is 13.0 Å². The topological polar surface area (TPSA) is 29.5 Å². The van der Waals surface area contributed by atoms with Gasteiger partial charge >= 0.3 is 5.97 Å². The van der Waals surface area contributed by atoms with Crippen LogP contribution in [0.2, 0.25) is 0 Å². The number of carbonyl (C=O) groups excluding carboxylic acids is 1. The normalized spacial score (nSPS) is 12.6. The highest BCUT2D eigenvalue weighted by Gasteiger charge is 2.12. The largest absolute Gasteiger partial charge is 0.466 e. The van der Waals surface area contributed by atoms with E-state index in [4.69, 9.17) is 4.74 Å². The van der Waals surface area contributed by atoms with Crippen LogP contribution < -0.4 is 0 Å². The highest BCUT2D eigenvalue weighted by Crippen LogP contribution is 2.08. The van der Waals surface area contributed by atoms with Crippen molar-refractivity contribution in [2.24, 2.45) is 5.92 Å². The minimum absolute atomic E-state index is 0.208. The zero-order valence-corrected chi connectivity index (χ0v) is 12.1. The molecule has 0 aromatic rings. The Labute approximate surface area is 106 Å². The molecule has 100 valence electrons. The van der Waals surface area contributed by atoms with Crippen molar-refractivity contribution in [1.29, 1.82) is 0 Å². The molecule has 3 nitrogen and oxygen atoms in total. The third-order valence-electron chi connectivity index (χ3n) is 2.73. The van der Waals surface area contributed by atoms with Crippen molar-refractivity contribution in [3.8, 4) is 0 Å². The van der Waals surface area contributed by atoms with E-state index in [1.165, 1.54) is 7.11 Å². The second-order valence-electron chi connectivity index (χ2n) is 5.02. The summed E-state index contributed by atoms with van der Waals surface area (Å²) in [5.41, 5.74) is 0.766. The molecule has 0 atom stereocenters. The van der Waals surface area contributed by atoms with Gasteiger partial charge < -0.3 is 4.74 Å². The summed E-state index contributed by atoms with van der Waals surface area (Å²) in [5.74, 6) is 0.426. The van der Waals surface area contributed by atoms with E-state index < -0.39 is 0 Å². The molecule has 0 saturated carbocycles. The third-order valence-corrected chi connectivity index (χ3v) is 2.73. The molecule has 0 bridgehead atoms. The molecule has 0 fully saturated rings. The predicted molar refractivity (Wildman–Crippen MR) is 71.9 cm³/mol. The number of rotatable bonds is 7. The summed E-state index contributed by atoms with van der Waals surface area (Å²) in [5, 5.41) is 0. The number of hydrogen-bond donors (Lipinski definition) is 0. The van der Waals surface area contributed by atoms with Gasteiger partial charge in [0.2, 0.25) is 0 Å². The third kappa shape index (κ3) is 6.47. The van der Waals surface area contributed by atoms with Crippen LogP contribution in [0.3, 0.4) is 0 Å². The van der Waals surface area contributed by atoms with Gasteiger partial charge in [-0.2, -0.15) is 0 Å². The Morgan fingerprint density at radius 3 is 2.24 bits per heavy atom. The summed E-state index contributed by atoms with van der Waals surface area (Å²) in [7, 11) is 1.43. The van der Waals surface area contributed by atoms with Crippen LogP contribution in [-0.4, -0.2) is 37.1 Å². The minimum atomic E-state index is -0.208. The number of esters is 1. The molecule has 0 amide bonds. The van der Waals surface area contributed by atoms with Gasteiger partial charge in [0, 0.05) is 24.7 Å². The minimum Gasteiger partial charge on any atom is -0.466 e. The highest BCUT2D eigenvalue weighted by molar-refractivity contribution is 5.88. The Bertz CT molecular complexity index is 257. The Kier molecular flexibility index (Phi) is 7.88. The summed E-state index contributed by atoms with van der Waals surface area (Å²) in [6.07, 6.45) is 2.72. The first kappa shape index (κ1) is 16.2. The highest BCUT2D eigenvalue weighted by atomic mass is 16.5. The molecule has 0 spiro atoms. The smallest absolute Gasteiger partial charge is 0.333 e.